The fraction of sp³-hybridized carbons (Fsp3) is 0.485. The van der Waals surface area contributed by atoms with Crippen LogP contribution in [-0.2, 0) is 14.4 Å². The van der Waals surface area contributed by atoms with E-state index in [2.05, 4.69) is 4.98 Å². The van der Waals surface area contributed by atoms with Gasteiger partial charge in [0.1, 0.15) is 11.6 Å². The number of alkyl halides is 2. The number of aliphatic carboxylic acids is 1. The van der Waals surface area contributed by atoms with E-state index in [0.29, 0.717) is 58.6 Å². The van der Waals surface area contributed by atoms with E-state index in [9.17, 15) is 28.3 Å². The minimum atomic E-state index is -3.01. The summed E-state index contributed by atoms with van der Waals surface area (Å²) in [4.78, 5) is 50.8. The third-order valence-electron chi connectivity index (χ3n) is 8.86. The van der Waals surface area contributed by atoms with Gasteiger partial charge in [0, 0.05) is 47.6 Å². The highest BCUT2D eigenvalue weighted by Crippen LogP contribution is 2.42. The number of piperidine rings is 1. The molecule has 1 unspecified atom stereocenters. The van der Waals surface area contributed by atoms with Crippen LogP contribution in [0.2, 0.25) is 0 Å². The van der Waals surface area contributed by atoms with Crippen molar-refractivity contribution in [2.45, 2.75) is 83.3 Å². The zero-order valence-corrected chi connectivity index (χ0v) is 25.7. The number of carbonyl (C=O) groups is 3. The van der Waals surface area contributed by atoms with Gasteiger partial charge in [-0.3, -0.25) is 24.2 Å². The molecule has 6 rings (SSSR count). The van der Waals surface area contributed by atoms with E-state index in [1.807, 2.05) is 6.07 Å². The molecule has 1 atom stereocenters. The predicted molar refractivity (Wildman–Crippen MR) is 166 cm³/mol. The standard InChI is InChI=1S/C33H36F2N4O5S/c34-32(35)44-24-11-12-25(21-8-13-28(36-18-21)38-14-4-3-7-29(38)40)26(17-24)27-19-45-33(37-27)39(23-9-10-23)31(43)22(16-30(41)42)15-20-5-1-2-6-20/h8,11-13,17-20,22-23,32H,1-7,9-10,14-16H2,(H,41,42). The number of rotatable bonds is 12. The number of carboxylic acids is 1. The number of ether oxygens (including phenoxy) is 1. The van der Waals surface area contributed by atoms with Gasteiger partial charge in [0.25, 0.3) is 0 Å². The van der Waals surface area contributed by atoms with Gasteiger partial charge in [0.15, 0.2) is 5.13 Å². The van der Waals surface area contributed by atoms with E-state index in [0.717, 1.165) is 51.4 Å². The van der Waals surface area contributed by atoms with Crippen molar-refractivity contribution in [3.63, 3.8) is 0 Å². The summed E-state index contributed by atoms with van der Waals surface area (Å²) >= 11 is 1.27. The number of carbonyl (C=O) groups excluding carboxylic acids is 2. The Morgan fingerprint density at radius 3 is 2.53 bits per heavy atom. The number of pyridine rings is 1. The Morgan fingerprint density at radius 1 is 1.07 bits per heavy atom. The first-order valence-corrected chi connectivity index (χ1v) is 16.5. The van der Waals surface area contributed by atoms with Crippen molar-refractivity contribution in [3.05, 3.63) is 41.9 Å². The van der Waals surface area contributed by atoms with Crippen LogP contribution in [0.5, 0.6) is 5.75 Å². The maximum absolute atomic E-state index is 13.9. The fourth-order valence-corrected chi connectivity index (χ4v) is 7.41. The highest BCUT2D eigenvalue weighted by molar-refractivity contribution is 7.14. The molecule has 9 nitrogen and oxygen atoms in total. The number of anilines is 2. The van der Waals surface area contributed by atoms with Crippen LogP contribution in [0, 0.1) is 11.8 Å². The Morgan fingerprint density at radius 2 is 1.87 bits per heavy atom. The molecule has 1 N–H and O–H groups in total. The molecule has 0 bridgehead atoms. The van der Waals surface area contributed by atoms with Crippen LogP contribution in [0.4, 0.5) is 19.7 Å². The summed E-state index contributed by atoms with van der Waals surface area (Å²) < 4.78 is 31.1. The first-order chi connectivity index (χ1) is 21.8. The molecule has 2 saturated carbocycles. The first-order valence-electron chi connectivity index (χ1n) is 15.6. The number of aromatic nitrogens is 2. The quantitative estimate of drug-likeness (QED) is 0.224. The number of nitrogens with zero attached hydrogens (tertiary/aromatic N) is 4. The highest BCUT2D eigenvalue weighted by Gasteiger charge is 2.40. The molecule has 1 saturated heterocycles. The molecule has 2 aromatic heterocycles. The van der Waals surface area contributed by atoms with Gasteiger partial charge in [0.2, 0.25) is 11.8 Å². The SMILES string of the molecule is O=C(O)CC(CC1CCCC1)C(=O)N(c1nc(-c2cc(OC(F)F)ccc2-c2ccc(N3CCCCC3=O)nc2)cs1)C1CC1. The Kier molecular flexibility index (Phi) is 9.39. The van der Waals surface area contributed by atoms with Gasteiger partial charge in [-0.1, -0.05) is 25.7 Å². The summed E-state index contributed by atoms with van der Waals surface area (Å²) in [7, 11) is 0. The van der Waals surface area contributed by atoms with Gasteiger partial charge < -0.3 is 9.84 Å². The van der Waals surface area contributed by atoms with Crippen molar-refractivity contribution >= 4 is 40.1 Å². The third kappa shape index (κ3) is 7.32. The first kappa shape index (κ1) is 31.1. The molecule has 238 valence electrons. The largest absolute Gasteiger partial charge is 0.481 e. The Labute approximate surface area is 264 Å². The smallest absolute Gasteiger partial charge is 0.387 e. The number of hydrogen-bond donors (Lipinski definition) is 1. The summed E-state index contributed by atoms with van der Waals surface area (Å²) in [6.07, 6.45) is 10.1. The molecule has 12 heteroatoms. The maximum Gasteiger partial charge on any atom is 0.387 e. The predicted octanol–water partition coefficient (Wildman–Crippen LogP) is 7.16. The summed E-state index contributed by atoms with van der Waals surface area (Å²) in [5.41, 5.74) is 2.37. The average molecular weight is 639 g/mol. The number of carboxylic acid groups (broad SMARTS) is 1. The summed E-state index contributed by atoms with van der Waals surface area (Å²) in [6, 6.07) is 8.20. The van der Waals surface area contributed by atoms with Crippen molar-refractivity contribution in [2.75, 3.05) is 16.3 Å². The second-order valence-electron chi connectivity index (χ2n) is 12.1. The zero-order valence-electron chi connectivity index (χ0n) is 24.9. The Balaban J connectivity index is 1.31. The van der Waals surface area contributed by atoms with E-state index in [1.165, 1.54) is 23.5 Å². The van der Waals surface area contributed by atoms with Crippen molar-refractivity contribution < 1.29 is 33.0 Å². The molecule has 45 heavy (non-hydrogen) atoms. The highest BCUT2D eigenvalue weighted by atomic mass is 32.1. The lowest BCUT2D eigenvalue weighted by Gasteiger charge is -2.26. The van der Waals surface area contributed by atoms with E-state index < -0.39 is 18.5 Å². The molecule has 3 fully saturated rings. The Hall–Kier alpha value is -3.93. The molecular weight excluding hydrogens is 602 g/mol. The van der Waals surface area contributed by atoms with Gasteiger partial charge in [-0.05, 0) is 73.9 Å². The van der Waals surface area contributed by atoms with Crippen LogP contribution >= 0.6 is 11.3 Å². The minimum Gasteiger partial charge on any atom is -0.481 e. The van der Waals surface area contributed by atoms with Crippen molar-refractivity contribution in [3.8, 4) is 28.1 Å². The van der Waals surface area contributed by atoms with Gasteiger partial charge in [-0.15, -0.1) is 11.3 Å². The van der Waals surface area contributed by atoms with Crippen LogP contribution < -0.4 is 14.5 Å². The van der Waals surface area contributed by atoms with Crippen LogP contribution in [0.15, 0.2) is 41.9 Å². The van der Waals surface area contributed by atoms with Crippen molar-refractivity contribution in [2.24, 2.45) is 11.8 Å². The topological polar surface area (TPSA) is 113 Å². The number of halogens is 2. The van der Waals surface area contributed by atoms with Crippen LogP contribution in [-0.4, -0.2) is 52.1 Å². The van der Waals surface area contributed by atoms with Crippen LogP contribution in [0.1, 0.15) is 70.6 Å². The van der Waals surface area contributed by atoms with Gasteiger partial charge >= 0.3 is 12.6 Å². The van der Waals surface area contributed by atoms with Gasteiger partial charge in [-0.2, -0.15) is 8.78 Å². The van der Waals surface area contributed by atoms with Crippen LogP contribution in [0.3, 0.4) is 0 Å². The monoisotopic (exact) mass is 638 g/mol. The molecule has 0 spiro atoms. The van der Waals surface area contributed by atoms with Crippen LogP contribution in [0.25, 0.3) is 22.4 Å². The molecule has 3 aromatic rings. The normalized spacial score (nSPS) is 17.9. The fourth-order valence-electron chi connectivity index (χ4n) is 6.51. The summed E-state index contributed by atoms with van der Waals surface area (Å²) in [6.45, 7) is -2.39. The third-order valence-corrected chi connectivity index (χ3v) is 9.70. The molecule has 2 amide bonds. The lowest BCUT2D eigenvalue weighted by Crippen LogP contribution is -2.39. The average Bonchev–Trinajstić information content (AvgIpc) is 3.49. The van der Waals surface area contributed by atoms with Gasteiger partial charge in [0.05, 0.1) is 12.1 Å². The zero-order chi connectivity index (χ0) is 31.5. The second kappa shape index (κ2) is 13.6. The van der Waals surface area contributed by atoms with Crippen molar-refractivity contribution in [1.29, 1.82) is 0 Å². The second-order valence-corrected chi connectivity index (χ2v) is 13.0. The van der Waals surface area contributed by atoms with E-state index in [-0.39, 0.29) is 30.0 Å². The maximum atomic E-state index is 13.9. The summed E-state index contributed by atoms with van der Waals surface area (Å²) in [5.74, 6) is -0.927. The molecule has 2 aliphatic carbocycles. The molecule has 3 aliphatic rings. The van der Waals surface area contributed by atoms with E-state index in [1.54, 1.807) is 33.5 Å². The number of thiazole rings is 1. The van der Waals surface area contributed by atoms with Gasteiger partial charge in [-0.25, -0.2) is 9.97 Å². The van der Waals surface area contributed by atoms with E-state index >= 15 is 0 Å². The molecule has 1 aromatic carbocycles. The Bertz CT molecular complexity index is 1540. The molecular formula is C33H36F2N4O5S. The molecule has 1 aliphatic heterocycles. The van der Waals surface area contributed by atoms with Crippen molar-refractivity contribution in [1.82, 2.24) is 9.97 Å². The lowest BCUT2D eigenvalue weighted by molar-refractivity contribution is -0.141. The van der Waals surface area contributed by atoms with E-state index in [4.69, 9.17) is 9.72 Å². The number of amides is 2. The molecule has 0 radical (unpaired) electrons. The number of benzene rings is 1. The number of hydrogen-bond acceptors (Lipinski definition) is 7. The molecule has 3 heterocycles. The minimum absolute atomic E-state index is 0.0324. The lowest BCUT2D eigenvalue weighted by atomic mass is 9.90. The summed E-state index contributed by atoms with van der Waals surface area (Å²) in [5, 5.41) is 11.9.